The lowest BCUT2D eigenvalue weighted by Gasteiger charge is -2.17. The molecule has 0 fully saturated rings. The largest absolute Gasteiger partial charge is 0.496 e. The second-order valence-electron chi connectivity index (χ2n) is 8.64. The van der Waals surface area contributed by atoms with Gasteiger partial charge in [0.25, 0.3) is 5.56 Å². The minimum Gasteiger partial charge on any atom is -0.496 e. The number of aromatic nitrogens is 2. The fourth-order valence-electron chi connectivity index (χ4n) is 3.99. The topological polar surface area (TPSA) is 89.5 Å². The van der Waals surface area contributed by atoms with E-state index in [1.54, 1.807) is 31.5 Å². The molecule has 3 aromatic carbocycles. The van der Waals surface area contributed by atoms with Gasteiger partial charge in [0.1, 0.15) is 17.6 Å². The quantitative estimate of drug-likeness (QED) is 0.211. The van der Waals surface area contributed by atoms with E-state index in [9.17, 15) is 4.79 Å². The van der Waals surface area contributed by atoms with Crippen LogP contribution in [0.1, 0.15) is 36.5 Å². The van der Waals surface area contributed by atoms with Crippen molar-refractivity contribution < 1.29 is 9.47 Å². The number of methoxy groups -OCH3 is 1. The van der Waals surface area contributed by atoms with Gasteiger partial charge < -0.3 is 9.47 Å². The molecule has 0 saturated heterocycles. The number of hydrogen-bond acceptors (Lipinski definition) is 6. The smallest absolute Gasteiger partial charge is 0.282 e. The van der Waals surface area contributed by atoms with Gasteiger partial charge >= 0.3 is 0 Å². The number of ether oxygens (including phenoxy) is 2. The summed E-state index contributed by atoms with van der Waals surface area (Å²) >= 11 is 6.96. The average molecular weight is 624 g/mol. The maximum Gasteiger partial charge on any atom is 0.282 e. The second-order valence-corrected chi connectivity index (χ2v) is 10.3. The zero-order valence-electron chi connectivity index (χ0n) is 20.8. The van der Waals surface area contributed by atoms with Gasteiger partial charge in [0.15, 0.2) is 12.4 Å². The van der Waals surface area contributed by atoms with Crippen LogP contribution in [0.3, 0.4) is 0 Å². The molecule has 0 aliphatic heterocycles. The van der Waals surface area contributed by atoms with Crippen LogP contribution >= 0.6 is 31.9 Å². The first-order chi connectivity index (χ1) is 17.7. The summed E-state index contributed by atoms with van der Waals surface area (Å²) in [5.41, 5.74) is 3.76. The molecule has 0 spiro atoms. The molecule has 1 aromatic heterocycles. The normalized spacial score (nSPS) is 11.3. The Bertz CT molecular complexity index is 1600. The Morgan fingerprint density at radius 3 is 2.51 bits per heavy atom. The first-order valence-corrected chi connectivity index (χ1v) is 13.1. The molecule has 4 rings (SSSR count). The van der Waals surface area contributed by atoms with E-state index in [4.69, 9.17) is 19.7 Å². The van der Waals surface area contributed by atoms with E-state index < -0.39 is 0 Å². The molecular weight excluding hydrogens is 600 g/mol. The summed E-state index contributed by atoms with van der Waals surface area (Å²) < 4.78 is 13.7. The highest BCUT2D eigenvalue weighted by Crippen LogP contribution is 2.35. The van der Waals surface area contributed by atoms with E-state index in [1.165, 1.54) is 4.68 Å². The van der Waals surface area contributed by atoms with Crippen molar-refractivity contribution in [3.63, 3.8) is 0 Å². The summed E-state index contributed by atoms with van der Waals surface area (Å²) in [4.78, 5) is 18.5. The molecule has 1 heterocycles. The van der Waals surface area contributed by atoms with Gasteiger partial charge in [0.2, 0.25) is 0 Å². The summed E-state index contributed by atoms with van der Waals surface area (Å²) in [6.07, 6.45) is 1.59. The van der Waals surface area contributed by atoms with Crippen molar-refractivity contribution >= 4 is 49.0 Å². The molecule has 0 bridgehead atoms. The molecule has 7 nitrogen and oxygen atoms in total. The molecule has 0 aliphatic rings. The van der Waals surface area contributed by atoms with Gasteiger partial charge in [-0.25, -0.2) is 4.98 Å². The van der Waals surface area contributed by atoms with Crippen LogP contribution in [-0.2, 0) is 0 Å². The number of aryl methyl sites for hydroxylation is 1. The van der Waals surface area contributed by atoms with Crippen LogP contribution in [0.25, 0.3) is 22.3 Å². The van der Waals surface area contributed by atoms with Crippen molar-refractivity contribution in [2.24, 2.45) is 5.10 Å². The monoisotopic (exact) mass is 622 g/mol. The third kappa shape index (κ3) is 5.45. The van der Waals surface area contributed by atoms with E-state index >= 15 is 0 Å². The number of fused-ring (bicyclic) bond motifs is 1. The van der Waals surface area contributed by atoms with Crippen LogP contribution in [0.5, 0.6) is 11.5 Å². The predicted molar refractivity (Wildman–Crippen MR) is 153 cm³/mol. The summed E-state index contributed by atoms with van der Waals surface area (Å²) in [6, 6.07) is 16.8. The molecule has 0 radical (unpaired) electrons. The van der Waals surface area contributed by atoms with Crippen LogP contribution < -0.4 is 15.0 Å². The van der Waals surface area contributed by atoms with E-state index in [0.717, 1.165) is 22.4 Å². The molecule has 0 unspecified atom stereocenters. The van der Waals surface area contributed by atoms with E-state index in [-0.39, 0.29) is 18.1 Å². The van der Waals surface area contributed by atoms with E-state index in [1.807, 2.05) is 43.3 Å². The van der Waals surface area contributed by atoms with Crippen molar-refractivity contribution in [3.8, 4) is 29.0 Å². The molecule has 37 heavy (non-hydrogen) atoms. The number of nitrogens with zero attached hydrogens (tertiary/aromatic N) is 4. The molecule has 9 heteroatoms. The third-order valence-electron chi connectivity index (χ3n) is 5.82. The summed E-state index contributed by atoms with van der Waals surface area (Å²) in [5.74, 6) is 1.95. The fourth-order valence-corrected chi connectivity index (χ4v) is 5.44. The SMILES string of the molecule is COc1cc(C)c(-c2nc3ccccc3c(=O)n2N=Cc2cc(Br)c(OCC#N)c(Br)c2)cc1C(C)C. The van der Waals surface area contributed by atoms with Crippen LogP contribution in [0.2, 0.25) is 0 Å². The summed E-state index contributed by atoms with van der Waals surface area (Å²) in [6.45, 7) is 6.07. The zero-order chi connectivity index (χ0) is 26.7. The average Bonchev–Trinajstić information content (AvgIpc) is 2.87. The number of hydrogen-bond donors (Lipinski definition) is 0. The van der Waals surface area contributed by atoms with Crippen LogP contribution in [0.4, 0.5) is 0 Å². The van der Waals surface area contributed by atoms with Crippen molar-refractivity contribution in [2.75, 3.05) is 13.7 Å². The Hall–Kier alpha value is -3.48. The number of nitriles is 1. The number of rotatable bonds is 7. The molecule has 4 aromatic rings. The number of benzene rings is 3. The van der Waals surface area contributed by atoms with Gasteiger partial charge in [-0.1, -0.05) is 26.0 Å². The van der Waals surface area contributed by atoms with Crippen LogP contribution in [0.15, 0.2) is 67.4 Å². The second kappa shape index (κ2) is 11.3. The highest BCUT2D eigenvalue weighted by atomic mass is 79.9. The van der Waals surface area contributed by atoms with Crippen molar-refractivity contribution in [3.05, 3.63) is 84.5 Å². The van der Waals surface area contributed by atoms with Gasteiger partial charge in [-0.15, -0.1) is 0 Å². The minimum absolute atomic E-state index is 0.0777. The van der Waals surface area contributed by atoms with Gasteiger partial charge in [0.05, 0.1) is 33.2 Å². The first kappa shape index (κ1) is 26.6. The highest BCUT2D eigenvalue weighted by Gasteiger charge is 2.18. The van der Waals surface area contributed by atoms with Crippen LogP contribution in [-0.4, -0.2) is 29.6 Å². The number of halogens is 2. The fraction of sp³-hybridized carbons (Fsp3) is 0.214. The summed E-state index contributed by atoms with van der Waals surface area (Å²) in [5, 5.41) is 13.9. The van der Waals surface area contributed by atoms with Gasteiger partial charge in [-0.05, 0) is 97.8 Å². The minimum atomic E-state index is -0.273. The standard InChI is InChI=1S/C28H24Br2N4O3/c1-16(2)20-14-21(17(3)11-25(20)36-4)27-33-24-8-6-5-7-19(24)28(35)34(27)32-15-18-12-22(29)26(23(30)13-18)37-10-9-31/h5-8,11-16H,10H2,1-4H3. The Kier molecular flexibility index (Phi) is 8.10. The third-order valence-corrected chi connectivity index (χ3v) is 7.00. The molecule has 0 N–H and O–H groups in total. The van der Waals surface area contributed by atoms with Gasteiger partial charge in [0, 0.05) is 5.56 Å². The summed E-state index contributed by atoms with van der Waals surface area (Å²) in [7, 11) is 1.65. The lowest BCUT2D eigenvalue weighted by atomic mass is 9.96. The number of para-hydroxylation sites is 1. The maximum absolute atomic E-state index is 13.6. The molecule has 0 amide bonds. The van der Waals surface area contributed by atoms with Gasteiger partial charge in [-0.3, -0.25) is 4.79 Å². The van der Waals surface area contributed by atoms with Gasteiger partial charge in [-0.2, -0.15) is 15.0 Å². The zero-order valence-corrected chi connectivity index (χ0v) is 23.9. The first-order valence-electron chi connectivity index (χ1n) is 11.5. The molecular formula is C28H24Br2N4O3. The Morgan fingerprint density at radius 2 is 1.86 bits per heavy atom. The lowest BCUT2D eigenvalue weighted by Crippen LogP contribution is -2.20. The highest BCUT2D eigenvalue weighted by molar-refractivity contribution is 9.11. The van der Waals surface area contributed by atoms with Crippen molar-refractivity contribution in [1.29, 1.82) is 5.26 Å². The maximum atomic E-state index is 13.6. The van der Waals surface area contributed by atoms with Crippen molar-refractivity contribution in [1.82, 2.24) is 9.66 Å². The molecule has 0 saturated carbocycles. The predicted octanol–water partition coefficient (Wildman–Crippen LogP) is 6.81. The van der Waals surface area contributed by atoms with Crippen molar-refractivity contribution in [2.45, 2.75) is 26.7 Å². The molecule has 188 valence electrons. The molecule has 0 aliphatic carbocycles. The van der Waals surface area contributed by atoms with E-state index in [2.05, 4.69) is 50.8 Å². The molecule has 0 atom stereocenters. The lowest BCUT2D eigenvalue weighted by molar-refractivity contribution is 0.363. The van der Waals surface area contributed by atoms with Crippen LogP contribution in [0, 0.1) is 18.3 Å². The Morgan fingerprint density at radius 1 is 1.16 bits per heavy atom. The Balaban J connectivity index is 1.92. The Labute approximate surface area is 231 Å². The van der Waals surface area contributed by atoms with E-state index in [0.29, 0.717) is 37.0 Å².